The highest BCUT2D eigenvalue weighted by molar-refractivity contribution is 7.17. The van der Waals surface area contributed by atoms with Gasteiger partial charge in [0.2, 0.25) is 5.91 Å². The van der Waals surface area contributed by atoms with Crippen LogP contribution in [0.2, 0.25) is 0 Å². The molecular formula is C22H20N2O5S. The first-order valence-corrected chi connectivity index (χ1v) is 10.6. The molecule has 1 N–H and O–H groups in total. The number of thiophene rings is 1. The first-order chi connectivity index (χ1) is 14.6. The standard InChI is InChI=1S/C22H20N2O5S/c25-18-10-14(17-13-30-19-4-2-1-3-16(17)19)9-15-11-23(5-7-28-21(15)18)20(26)12-24-6-8-29-22(24)27/h1-4,9-10,13,25H,5-8,11-12H2. The van der Waals surface area contributed by atoms with Gasteiger partial charge in [0.05, 0.1) is 13.1 Å². The molecule has 3 heterocycles. The molecule has 0 radical (unpaired) electrons. The van der Waals surface area contributed by atoms with Gasteiger partial charge in [0.15, 0.2) is 11.5 Å². The molecule has 5 rings (SSSR count). The van der Waals surface area contributed by atoms with Crippen LogP contribution in [-0.4, -0.2) is 59.8 Å². The fourth-order valence-electron chi connectivity index (χ4n) is 3.90. The van der Waals surface area contributed by atoms with Crippen molar-refractivity contribution < 1.29 is 24.2 Å². The van der Waals surface area contributed by atoms with Gasteiger partial charge in [0.25, 0.3) is 0 Å². The van der Waals surface area contributed by atoms with Crippen LogP contribution >= 0.6 is 11.3 Å². The highest BCUT2D eigenvalue weighted by Crippen LogP contribution is 2.41. The van der Waals surface area contributed by atoms with Gasteiger partial charge in [0, 0.05) is 27.8 Å². The maximum atomic E-state index is 12.8. The summed E-state index contributed by atoms with van der Waals surface area (Å²) >= 11 is 1.65. The lowest BCUT2D eigenvalue weighted by Crippen LogP contribution is -2.41. The lowest BCUT2D eigenvalue weighted by molar-refractivity contribution is -0.132. The molecule has 8 heteroatoms. The first kappa shape index (κ1) is 18.7. The molecule has 2 aliphatic rings. The smallest absolute Gasteiger partial charge is 0.410 e. The van der Waals surface area contributed by atoms with Gasteiger partial charge in [-0.05, 0) is 29.1 Å². The van der Waals surface area contributed by atoms with Gasteiger partial charge in [-0.25, -0.2) is 4.79 Å². The molecule has 0 atom stereocenters. The summed E-state index contributed by atoms with van der Waals surface area (Å²) in [7, 11) is 0. The summed E-state index contributed by atoms with van der Waals surface area (Å²) < 4.78 is 11.8. The summed E-state index contributed by atoms with van der Waals surface area (Å²) in [6, 6.07) is 11.8. The normalized spacial score (nSPS) is 16.2. The number of ether oxygens (including phenoxy) is 2. The van der Waals surface area contributed by atoms with Crippen molar-refractivity contribution in [1.29, 1.82) is 0 Å². The number of nitrogens with zero attached hydrogens (tertiary/aromatic N) is 2. The Morgan fingerprint density at radius 1 is 1.13 bits per heavy atom. The minimum absolute atomic E-state index is 0.0188. The molecule has 7 nitrogen and oxygen atoms in total. The highest BCUT2D eigenvalue weighted by atomic mass is 32.1. The minimum atomic E-state index is -0.459. The zero-order valence-electron chi connectivity index (χ0n) is 16.2. The summed E-state index contributed by atoms with van der Waals surface area (Å²) in [5, 5.41) is 13.8. The van der Waals surface area contributed by atoms with Crippen molar-refractivity contribution in [2.45, 2.75) is 6.54 Å². The number of cyclic esters (lactones) is 1. The molecule has 1 saturated heterocycles. The molecule has 0 bridgehead atoms. The van der Waals surface area contributed by atoms with Gasteiger partial charge >= 0.3 is 6.09 Å². The van der Waals surface area contributed by atoms with Crippen LogP contribution in [0, 0.1) is 0 Å². The van der Waals surface area contributed by atoms with Crippen molar-refractivity contribution in [2.24, 2.45) is 0 Å². The van der Waals surface area contributed by atoms with E-state index in [1.807, 2.05) is 18.2 Å². The molecular weight excluding hydrogens is 404 g/mol. The molecule has 30 heavy (non-hydrogen) atoms. The summed E-state index contributed by atoms with van der Waals surface area (Å²) in [5.41, 5.74) is 2.66. The molecule has 3 aromatic rings. The van der Waals surface area contributed by atoms with Crippen molar-refractivity contribution in [2.75, 3.05) is 32.8 Å². The number of aromatic hydroxyl groups is 1. The van der Waals surface area contributed by atoms with Crippen LogP contribution in [0.4, 0.5) is 4.79 Å². The van der Waals surface area contributed by atoms with Gasteiger partial charge in [-0.1, -0.05) is 18.2 Å². The fraction of sp³-hybridized carbons (Fsp3) is 0.273. The Morgan fingerprint density at radius 3 is 2.80 bits per heavy atom. The van der Waals surface area contributed by atoms with E-state index in [4.69, 9.17) is 9.47 Å². The van der Waals surface area contributed by atoms with Gasteiger partial charge in [-0.15, -0.1) is 11.3 Å². The lowest BCUT2D eigenvalue weighted by Gasteiger charge is -2.22. The Balaban J connectivity index is 1.45. The molecule has 0 unspecified atom stereocenters. The average molecular weight is 424 g/mol. The molecule has 0 spiro atoms. The maximum absolute atomic E-state index is 12.8. The first-order valence-electron chi connectivity index (χ1n) is 9.75. The number of carbonyl (C=O) groups excluding carboxylic acids is 2. The monoisotopic (exact) mass is 424 g/mol. The minimum Gasteiger partial charge on any atom is -0.504 e. The van der Waals surface area contributed by atoms with E-state index >= 15 is 0 Å². The third kappa shape index (κ3) is 3.33. The van der Waals surface area contributed by atoms with Crippen LogP contribution < -0.4 is 4.74 Å². The number of phenols is 1. The van der Waals surface area contributed by atoms with Gasteiger partial charge < -0.3 is 19.5 Å². The van der Waals surface area contributed by atoms with E-state index in [2.05, 4.69) is 17.5 Å². The van der Waals surface area contributed by atoms with E-state index in [1.54, 1.807) is 22.3 Å². The van der Waals surface area contributed by atoms with Gasteiger partial charge in [-0.2, -0.15) is 0 Å². The quantitative estimate of drug-likeness (QED) is 0.697. The summed E-state index contributed by atoms with van der Waals surface area (Å²) in [6.45, 7) is 1.67. The predicted octanol–water partition coefficient (Wildman–Crippen LogP) is 3.45. The molecule has 0 saturated carbocycles. The average Bonchev–Trinajstić information content (AvgIpc) is 3.27. The second-order valence-corrected chi connectivity index (χ2v) is 8.24. The summed E-state index contributed by atoms with van der Waals surface area (Å²) in [5.74, 6) is 0.306. The summed E-state index contributed by atoms with van der Waals surface area (Å²) in [4.78, 5) is 27.5. The second-order valence-electron chi connectivity index (χ2n) is 7.33. The van der Waals surface area contributed by atoms with E-state index in [0.29, 0.717) is 32.0 Å². The van der Waals surface area contributed by atoms with Gasteiger partial charge in [0.1, 0.15) is 19.8 Å². The van der Waals surface area contributed by atoms with Crippen molar-refractivity contribution in [3.05, 3.63) is 47.3 Å². The molecule has 0 aliphatic carbocycles. The topological polar surface area (TPSA) is 79.3 Å². The molecule has 2 aliphatic heterocycles. The van der Waals surface area contributed by atoms with Crippen LogP contribution in [0.5, 0.6) is 11.5 Å². The number of benzene rings is 2. The number of hydrogen-bond acceptors (Lipinski definition) is 6. The van der Waals surface area contributed by atoms with E-state index < -0.39 is 6.09 Å². The fourth-order valence-corrected chi connectivity index (χ4v) is 4.87. The molecule has 1 aromatic heterocycles. The van der Waals surface area contributed by atoms with Crippen molar-refractivity contribution in [3.8, 4) is 22.6 Å². The number of amides is 2. The van der Waals surface area contributed by atoms with Crippen LogP contribution in [0.15, 0.2) is 41.8 Å². The number of rotatable bonds is 3. The van der Waals surface area contributed by atoms with E-state index in [9.17, 15) is 14.7 Å². The maximum Gasteiger partial charge on any atom is 0.410 e. The SMILES string of the molecule is O=C(CN1CCOC1=O)N1CCOc2c(O)cc(-c3csc4ccccc34)cc2C1. The molecule has 154 valence electrons. The van der Waals surface area contributed by atoms with E-state index in [0.717, 1.165) is 22.1 Å². The Morgan fingerprint density at radius 2 is 1.97 bits per heavy atom. The molecule has 1 fully saturated rings. The predicted molar refractivity (Wildman–Crippen MR) is 113 cm³/mol. The summed E-state index contributed by atoms with van der Waals surface area (Å²) in [6.07, 6.45) is -0.459. The number of carbonyl (C=O) groups is 2. The van der Waals surface area contributed by atoms with Crippen molar-refractivity contribution >= 4 is 33.4 Å². The van der Waals surface area contributed by atoms with E-state index in [-0.39, 0.29) is 24.8 Å². The second kappa shape index (κ2) is 7.53. The number of fused-ring (bicyclic) bond motifs is 2. The lowest BCUT2D eigenvalue weighted by atomic mass is 10.0. The van der Waals surface area contributed by atoms with Crippen LogP contribution in [-0.2, 0) is 16.1 Å². The van der Waals surface area contributed by atoms with Crippen LogP contribution in [0.25, 0.3) is 21.2 Å². The van der Waals surface area contributed by atoms with Gasteiger partial charge in [-0.3, -0.25) is 9.69 Å². The Kier molecular flexibility index (Phi) is 4.71. The number of phenolic OH excluding ortho intramolecular Hbond substituents is 1. The third-order valence-corrected chi connectivity index (χ3v) is 6.39. The van der Waals surface area contributed by atoms with Crippen molar-refractivity contribution in [3.63, 3.8) is 0 Å². The van der Waals surface area contributed by atoms with E-state index in [1.165, 1.54) is 9.60 Å². The highest BCUT2D eigenvalue weighted by Gasteiger charge is 2.28. The molecule has 2 amide bonds. The van der Waals surface area contributed by atoms with Crippen LogP contribution in [0.1, 0.15) is 5.56 Å². The zero-order valence-corrected chi connectivity index (χ0v) is 17.0. The van der Waals surface area contributed by atoms with Crippen molar-refractivity contribution in [1.82, 2.24) is 9.80 Å². The Bertz CT molecular complexity index is 1140. The Hall–Kier alpha value is -3.26. The largest absolute Gasteiger partial charge is 0.504 e. The third-order valence-electron chi connectivity index (χ3n) is 5.43. The zero-order chi connectivity index (χ0) is 20.7. The van der Waals surface area contributed by atoms with Crippen LogP contribution in [0.3, 0.4) is 0 Å². The number of hydrogen-bond donors (Lipinski definition) is 1. The molecule has 2 aromatic carbocycles. The Labute approximate surface area is 177 Å².